The Bertz CT molecular complexity index is 817. The van der Waals surface area contributed by atoms with Crippen molar-refractivity contribution in [3.8, 4) is 11.4 Å². The molecule has 1 aromatic carbocycles. The van der Waals surface area contributed by atoms with Gasteiger partial charge in [-0.05, 0) is 30.7 Å². The molecule has 0 aliphatic heterocycles. The van der Waals surface area contributed by atoms with Crippen molar-refractivity contribution in [3.05, 3.63) is 42.4 Å². The molecule has 0 radical (unpaired) electrons. The zero-order valence-corrected chi connectivity index (χ0v) is 11.3. The summed E-state index contributed by atoms with van der Waals surface area (Å²) in [7, 11) is 0. The Morgan fingerprint density at radius 3 is 3.00 bits per heavy atom. The molecule has 0 bridgehead atoms. The number of nitrogens with one attached hydrogen (secondary N) is 2. The second kappa shape index (κ2) is 5.12. The number of rotatable bonds is 3. The van der Waals surface area contributed by atoms with E-state index < -0.39 is 6.03 Å². The summed E-state index contributed by atoms with van der Waals surface area (Å²) in [6, 6.07) is 6.81. The van der Waals surface area contributed by atoms with Crippen LogP contribution in [0.1, 0.15) is 12.5 Å². The van der Waals surface area contributed by atoms with Crippen molar-refractivity contribution in [2.45, 2.75) is 6.92 Å². The van der Waals surface area contributed by atoms with Crippen molar-refractivity contribution in [2.24, 2.45) is 10.8 Å². The Labute approximate surface area is 119 Å². The van der Waals surface area contributed by atoms with E-state index in [2.05, 4.69) is 20.5 Å². The topological polar surface area (TPSA) is 109 Å². The van der Waals surface area contributed by atoms with E-state index in [9.17, 15) is 4.79 Å². The van der Waals surface area contributed by atoms with E-state index in [0.29, 0.717) is 5.71 Å². The number of benzene rings is 1. The van der Waals surface area contributed by atoms with Crippen molar-refractivity contribution in [2.75, 3.05) is 0 Å². The Kier molecular flexibility index (Phi) is 3.15. The molecule has 7 nitrogen and oxygen atoms in total. The highest BCUT2D eigenvalue weighted by Crippen LogP contribution is 2.21. The minimum atomic E-state index is -0.695. The highest BCUT2D eigenvalue weighted by Gasteiger charge is 2.08. The smallest absolute Gasteiger partial charge is 0.332 e. The van der Waals surface area contributed by atoms with Crippen molar-refractivity contribution in [1.82, 2.24) is 15.4 Å². The summed E-state index contributed by atoms with van der Waals surface area (Å²) < 4.78 is 5.05. The molecule has 0 aliphatic rings. The maximum absolute atomic E-state index is 10.7. The van der Waals surface area contributed by atoms with Crippen LogP contribution < -0.4 is 11.2 Å². The van der Waals surface area contributed by atoms with Crippen LogP contribution in [0.2, 0.25) is 0 Å². The lowest BCUT2D eigenvalue weighted by molar-refractivity contribution is 0.249. The number of nitrogens with two attached hydrogens (primary N) is 1. The number of furan rings is 1. The van der Waals surface area contributed by atoms with Crippen LogP contribution >= 0.6 is 0 Å². The van der Waals surface area contributed by atoms with E-state index in [0.717, 1.165) is 28.0 Å². The summed E-state index contributed by atoms with van der Waals surface area (Å²) in [4.78, 5) is 18.4. The lowest BCUT2D eigenvalue weighted by Gasteiger charge is -2.00. The number of aromatic nitrogens is 2. The van der Waals surface area contributed by atoms with E-state index in [4.69, 9.17) is 10.2 Å². The van der Waals surface area contributed by atoms with E-state index in [1.165, 1.54) is 0 Å². The summed E-state index contributed by atoms with van der Waals surface area (Å²) in [6.45, 7) is 1.78. The van der Waals surface area contributed by atoms with Gasteiger partial charge in [0.05, 0.1) is 28.6 Å². The van der Waals surface area contributed by atoms with Crippen LogP contribution in [-0.2, 0) is 0 Å². The van der Waals surface area contributed by atoms with Crippen LogP contribution in [0.15, 0.2) is 46.3 Å². The Hall–Kier alpha value is -3.09. The fraction of sp³-hybridized carbons (Fsp3) is 0.0714. The molecule has 106 valence electrons. The molecule has 0 spiro atoms. The maximum Gasteiger partial charge on any atom is 0.332 e. The van der Waals surface area contributed by atoms with Crippen LogP contribution in [0, 0.1) is 0 Å². The number of nitrogens with zero attached hydrogens (tertiary/aromatic N) is 2. The monoisotopic (exact) mass is 283 g/mol. The molecule has 2 heterocycles. The second-order valence-corrected chi connectivity index (χ2v) is 4.50. The van der Waals surface area contributed by atoms with Crippen molar-refractivity contribution in [1.29, 1.82) is 0 Å². The number of carbonyl (C=O) groups excluding carboxylic acids is 1. The molecule has 7 heteroatoms. The van der Waals surface area contributed by atoms with Crippen LogP contribution in [0.3, 0.4) is 0 Å². The summed E-state index contributed by atoms with van der Waals surface area (Å²) in [5, 5.41) is 3.90. The molecule has 3 rings (SSSR count). The van der Waals surface area contributed by atoms with Gasteiger partial charge in [-0.2, -0.15) is 5.10 Å². The molecule has 0 aliphatic carbocycles. The predicted molar refractivity (Wildman–Crippen MR) is 78.7 cm³/mol. The fourth-order valence-electron chi connectivity index (χ4n) is 1.97. The molecule has 21 heavy (non-hydrogen) atoms. The minimum Gasteiger partial charge on any atom is -0.472 e. The lowest BCUT2D eigenvalue weighted by Crippen LogP contribution is -2.25. The number of urea groups is 1. The number of fused-ring (bicyclic) bond motifs is 1. The van der Waals surface area contributed by atoms with Crippen LogP contribution in [0.25, 0.3) is 22.4 Å². The molecule has 4 N–H and O–H groups in total. The average molecular weight is 283 g/mol. The molecule has 0 atom stereocenters. The molecule has 0 saturated carbocycles. The number of primary amides is 1. The van der Waals surface area contributed by atoms with Gasteiger partial charge in [-0.3, -0.25) is 0 Å². The third kappa shape index (κ3) is 2.62. The quantitative estimate of drug-likeness (QED) is 0.506. The number of H-pyrrole nitrogens is 1. The lowest BCUT2D eigenvalue weighted by atomic mass is 10.1. The first-order valence-corrected chi connectivity index (χ1v) is 6.26. The highest BCUT2D eigenvalue weighted by atomic mass is 16.3. The van der Waals surface area contributed by atoms with Gasteiger partial charge in [-0.1, -0.05) is 6.07 Å². The summed E-state index contributed by atoms with van der Waals surface area (Å²) in [5.74, 6) is 0.737. The van der Waals surface area contributed by atoms with Crippen molar-refractivity contribution < 1.29 is 9.21 Å². The minimum absolute atomic E-state index is 0.648. The van der Waals surface area contributed by atoms with Crippen molar-refractivity contribution >= 4 is 22.8 Å². The Morgan fingerprint density at radius 1 is 1.43 bits per heavy atom. The fourth-order valence-corrected chi connectivity index (χ4v) is 1.97. The zero-order chi connectivity index (χ0) is 14.8. The maximum atomic E-state index is 10.7. The average Bonchev–Trinajstić information content (AvgIpc) is 3.11. The number of hydrogen-bond acceptors (Lipinski definition) is 4. The van der Waals surface area contributed by atoms with Gasteiger partial charge in [0.2, 0.25) is 0 Å². The predicted octanol–water partition coefficient (Wildman–Crippen LogP) is 2.22. The van der Waals surface area contributed by atoms with E-state index in [1.54, 1.807) is 19.5 Å². The van der Waals surface area contributed by atoms with E-state index >= 15 is 0 Å². The largest absolute Gasteiger partial charge is 0.472 e. The third-order valence-corrected chi connectivity index (χ3v) is 3.03. The first kappa shape index (κ1) is 12.9. The van der Waals surface area contributed by atoms with Gasteiger partial charge >= 0.3 is 6.03 Å². The second-order valence-electron chi connectivity index (χ2n) is 4.50. The van der Waals surface area contributed by atoms with E-state index in [1.807, 2.05) is 24.3 Å². The summed E-state index contributed by atoms with van der Waals surface area (Å²) >= 11 is 0. The van der Waals surface area contributed by atoms with Gasteiger partial charge in [-0.15, -0.1) is 0 Å². The molecule has 3 aromatic rings. The van der Waals surface area contributed by atoms with Gasteiger partial charge in [0.15, 0.2) is 0 Å². The molecule has 2 amide bonds. The van der Waals surface area contributed by atoms with Crippen LogP contribution in [-0.4, -0.2) is 21.7 Å². The number of hydrogen-bond donors (Lipinski definition) is 3. The van der Waals surface area contributed by atoms with E-state index in [-0.39, 0.29) is 0 Å². The van der Waals surface area contributed by atoms with Gasteiger partial charge in [0, 0.05) is 0 Å². The molecule has 0 unspecified atom stereocenters. The standard InChI is InChI=1S/C14H13N5O2/c1-8(18-19-14(15)20)9-2-3-11-12(6-9)17-13(16-11)10-4-5-21-7-10/h2-7H,1H3,(H,16,17)(H3,15,19,20)/b18-8+. The number of aromatic amines is 1. The summed E-state index contributed by atoms with van der Waals surface area (Å²) in [6.07, 6.45) is 3.22. The van der Waals surface area contributed by atoms with Crippen molar-refractivity contribution in [3.63, 3.8) is 0 Å². The molecule has 0 fully saturated rings. The van der Waals surface area contributed by atoms with Gasteiger partial charge in [0.25, 0.3) is 0 Å². The SMILES string of the molecule is C/C(=N\NC(N)=O)c1ccc2nc(-c3ccoc3)[nH]c2c1. The number of carbonyl (C=O) groups is 1. The first-order valence-electron chi connectivity index (χ1n) is 6.26. The number of amides is 2. The van der Waals surface area contributed by atoms with Gasteiger partial charge < -0.3 is 15.1 Å². The van der Waals surface area contributed by atoms with Crippen LogP contribution in [0.5, 0.6) is 0 Å². The number of hydrazone groups is 1. The van der Waals surface area contributed by atoms with Gasteiger partial charge in [-0.25, -0.2) is 15.2 Å². The third-order valence-electron chi connectivity index (χ3n) is 3.03. The molecule has 0 saturated heterocycles. The normalized spacial score (nSPS) is 11.8. The number of imidazole rings is 1. The van der Waals surface area contributed by atoms with Gasteiger partial charge in [0.1, 0.15) is 12.1 Å². The molecule has 2 aromatic heterocycles. The zero-order valence-electron chi connectivity index (χ0n) is 11.3. The first-order chi connectivity index (χ1) is 10.1. The summed E-state index contributed by atoms with van der Waals surface area (Å²) in [5.41, 5.74) is 11.3. The molecular weight excluding hydrogens is 270 g/mol. The molecular formula is C14H13N5O2. The Morgan fingerprint density at radius 2 is 2.29 bits per heavy atom. The Balaban J connectivity index is 1.97. The van der Waals surface area contributed by atoms with Crippen LogP contribution in [0.4, 0.5) is 4.79 Å². The highest BCUT2D eigenvalue weighted by molar-refractivity contribution is 6.01.